The number of para-hydroxylation sites is 1. The molecule has 0 aliphatic carbocycles. The summed E-state index contributed by atoms with van der Waals surface area (Å²) in [7, 11) is 0. The lowest BCUT2D eigenvalue weighted by Gasteiger charge is -2.13. The minimum atomic E-state index is -0.623. The Morgan fingerprint density at radius 2 is 1.90 bits per heavy atom. The van der Waals surface area contributed by atoms with E-state index in [9.17, 15) is 14.4 Å². The first-order valence-corrected chi connectivity index (χ1v) is 10.1. The lowest BCUT2D eigenvalue weighted by molar-refractivity contribution is -0.116. The summed E-state index contributed by atoms with van der Waals surface area (Å²) in [4.78, 5) is 39.2. The number of nitrogens with zero attached hydrogens (tertiary/aromatic N) is 4. The number of amides is 1. The van der Waals surface area contributed by atoms with E-state index < -0.39 is 17.2 Å². The van der Waals surface area contributed by atoms with E-state index in [-0.39, 0.29) is 18.6 Å². The molecule has 3 heterocycles. The van der Waals surface area contributed by atoms with Gasteiger partial charge in [0.05, 0.1) is 29.2 Å². The van der Waals surface area contributed by atoms with Crippen LogP contribution in [-0.4, -0.2) is 24.8 Å². The summed E-state index contributed by atoms with van der Waals surface area (Å²) in [5.74, 6) is -0.00625. The van der Waals surface area contributed by atoms with E-state index in [0.717, 1.165) is 4.57 Å². The molecule has 0 aliphatic rings. The zero-order chi connectivity index (χ0) is 22.1. The molecule has 0 spiro atoms. The second kappa shape index (κ2) is 8.27. The zero-order valence-electron chi connectivity index (χ0n) is 17.0. The Bertz CT molecular complexity index is 1380. The number of carbonyl (C=O) groups excluding carboxylic acids is 1. The van der Waals surface area contributed by atoms with Gasteiger partial charge in [-0.25, -0.2) is 4.79 Å². The van der Waals surface area contributed by atoms with Crippen molar-refractivity contribution in [2.45, 2.75) is 33.5 Å². The van der Waals surface area contributed by atoms with Crippen LogP contribution in [0.2, 0.25) is 5.02 Å². The summed E-state index contributed by atoms with van der Waals surface area (Å²) in [5.41, 5.74) is 0.409. The van der Waals surface area contributed by atoms with Crippen LogP contribution in [0.25, 0.3) is 11.0 Å². The van der Waals surface area contributed by atoms with Crippen molar-refractivity contribution in [1.82, 2.24) is 18.9 Å². The number of aryl methyl sites for hydroxylation is 2. The maximum absolute atomic E-state index is 13.3. The average molecular weight is 442 g/mol. The van der Waals surface area contributed by atoms with Crippen LogP contribution in [0.3, 0.4) is 0 Å². The van der Waals surface area contributed by atoms with E-state index in [4.69, 9.17) is 16.0 Å². The van der Waals surface area contributed by atoms with Gasteiger partial charge in [-0.05, 0) is 38.1 Å². The van der Waals surface area contributed by atoms with Crippen molar-refractivity contribution >= 4 is 34.2 Å². The first-order chi connectivity index (χ1) is 14.9. The van der Waals surface area contributed by atoms with E-state index in [1.807, 2.05) is 6.92 Å². The van der Waals surface area contributed by atoms with Crippen LogP contribution in [0.5, 0.6) is 0 Å². The quantitative estimate of drug-likeness (QED) is 0.495. The zero-order valence-corrected chi connectivity index (χ0v) is 17.7. The molecule has 0 saturated heterocycles. The number of carbonyl (C=O) groups is 1. The average Bonchev–Trinajstić information content (AvgIpc) is 3.37. The molecule has 0 unspecified atom stereocenters. The molecule has 4 rings (SSSR count). The molecule has 1 amide bonds. The van der Waals surface area contributed by atoms with Gasteiger partial charge in [-0.15, -0.1) is 0 Å². The number of hydrogen-bond acceptors (Lipinski definition) is 5. The van der Waals surface area contributed by atoms with E-state index in [1.165, 1.54) is 15.5 Å². The number of fused-ring (bicyclic) bond motifs is 1. The van der Waals surface area contributed by atoms with Gasteiger partial charge in [-0.3, -0.25) is 23.4 Å². The molecule has 31 heavy (non-hydrogen) atoms. The molecule has 0 aliphatic heterocycles. The molecular formula is C21H20ClN5O4. The van der Waals surface area contributed by atoms with Crippen LogP contribution in [0.1, 0.15) is 18.4 Å². The van der Waals surface area contributed by atoms with E-state index in [1.54, 1.807) is 43.3 Å². The molecule has 9 nitrogen and oxygen atoms in total. The van der Waals surface area contributed by atoms with E-state index in [0.29, 0.717) is 34.2 Å². The third kappa shape index (κ3) is 3.79. The fourth-order valence-electron chi connectivity index (χ4n) is 3.53. The van der Waals surface area contributed by atoms with Crippen molar-refractivity contribution in [1.29, 1.82) is 0 Å². The highest BCUT2D eigenvalue weighted by Gasteiger charge is 2.22. The van der Waals surface area contributed by atoms with Gasteiger partial charge in [-0.2, -0.15) is 5.10 Å². The van der Waals surface area contributed by atoms with Crippen molar-refractivity contribution in [3.63, 3.8) is 0 Å². The van der Waals surface area contributed by atoms with Crippen LogP contribution in [0, 0.1) is 6.92 Å². The number of anilines is 1. The minimum Gasteiger partial charge on any atom is -0.467 e. The first-order valence-electron chi connectivity index (χ1n) is 9.68. The molecule has 0 atom stereocenters. The number of furan rings is 1. The van der Waals surface area contributed by atoms with Crippen molar-refractivity contribution in [2.75, 3.05) is 5.32 Å². The Morgan fingerprint density at radius 1 is 1.13 bits per heavy atom. The molecule has 0 saturated carbocycles. The lowest BCUT2D eigenvalue weighted by Crippen LogP contribution is -2.42. The number of benzene rings is 1. The summed E-state index contributed by atoms with van der Waals surface area (Å²) < 4.78 is 9.16. The summed E-state index contributed by atoms with van der Waals surface area (Å²) in [6.45, 7) is 3.62. The van der Waals surface area contributed by atoms with Gasteiger partial charge >= 0.3 is 5.69 Å². The second-order valence-corrected chi connectivity index (χ2v) is 7.37. The third-order valence-corrected chi connectivity index (χ3v) is 5.25. The topological polar surface area (TPSA) is 104 Å². The number of hydrogen-bond donors (Lipinski definition) is 1. The normalized spacial score (nSPS) is 11.2. The second-order valence-electron chi connectivity index (χ2n) is 6.97. The lowest BCUT2D eigenvalue weighted by atomic mass is 10.3. The number of rotatable bonds is 6. The minimum absolute atomic E-state index is 0.0549. The summed E-state index contributed by atoms with van der Waals surface area (Å²) in [5, 5.41) is 7.47. The Balaban J connectivity index is 1.84. The Kier molecular flexibility index (Phi) is 5.51. The number of halogens is 1. The van der Waals surface area contributed by atoms with Crippen LogP contribution in [0.15, 0.2) is 56.7 Å². The Hall–Kier alpha value is -3.59. The van der Waals surface area contributed by atoms with Crippen LogP contribution in [-0.2, 0) is 24.4 Å². The van der Waals surface area contributed by atoms with Gasteiger partial charge in [0.1, 0.15) is 17.8 Å². The SMILES string of the molecule is CCn1nc(C)c2c1c(=O)n(Cc1ccco1)c(=O)n2CC(=O)Nc1ccccc1Cl. The summed E-state index contributed by atoms with van der Waals surface area (Å²) in [6, 6.07) is 10.2. The Morgan fingerprint density at radius 3 is 2.58 bits per heavy atom. The summed E-state index contributed by atoms with van der Waals surface area (Å²) >= 11 is 6.12. The standard InChI is InChI=1S/C21H20ClN5O4/c1-3-27-19-18(13(2)24-27)25(12-17(28)23-16-9-5-4-8-15(16)22)21(30)26(20(19)29)11-14-7-6-10-31-14/h4-10H,3,11-12H2,1-2H3,(H,23,28). The predicted octanol–water partition coefficient (Wildman–Crippen LogP) is 2.62. The predicted molar refractivity (Wildman–Crippen MR) is 117 cm³/mol. The molecule has 160 valence electrons. The van der Waals surface area contributed by atoms with Gasteiger partial charge in [0.25, 0.3) is 5.56 Å². The highest BCUT2D eigenvalue weighted by atomic mass is 35.5. The van der Waals surface area contributed by atoms with Gasteiger partial charge in [0.2, 0.25) is 5.91 Å². The largest absolute Gasteiger partial charge is 0.467 e. The van der Waals surface area contributed by atoms with E-state index >= 15 is 0 Å². The molecule has 1 N–H and O–H groups in total. The van der Waals surface area contributed by atoms with E-state index in [2.05, 4.69) is 10.4 Å². The van der Waals surface area contributed by atoms with Crippen molar-refractivity contribution in [2.24, 2.45) is 0 Å². The molecule has 3 aromatic heterocycles. The maximum Gasteiger partial charge on any atom is 0.332 e. The monoisotopic (exact) mass is 441 g/mol. The molecule has 0 fully saturated rings. The van der Waals surface area contributed by atoms with Crippen molar-refractivity contribution in [3.8, 4) is 0 Å². The highest BCUT2D eigenvalue weighted by Crippen LogP contribution is 2.20. The molecular weight excluding hydrogens is 422 g/mol. The molecule has 1 aromatic carbocycles. The molecule has 4 aromatic rings. The summed E-state index contributed by atoms with van der Waals surface area (Å²) in [6.07, 6.45) is 1.47. The molecule has 10 heteroatoms. The fourth-order valence-corrected chi connectivity index (χ4v) is 3.72. The van der Waals surface area contributed by atoms with Gasteiger partial charge in [0.15, 0.2) is 5.52 Å². The first kappa shape index (κ1) is 20.7. The fraction of sp³-hybridized carbons (Fsp3) is 0.238. The third-order valence-electron chi connectivity index (χ3n) is 4.92. The maximum atomic E-state index is 13.3. The number of nitrogens with one attached hydrogen (secondary N) is 1. The smallest absolute Gasteiger partial charge is 0.332 e. The van der Waals surface area contributed by atoms with Gasteiger partial charge in [-0.1, -0.05) is 23.7 Å². The van der Waals surface area contributed by atoms with Crippen LogP contribution < -0.4 is 16.6 Å². The van der Waals surface area contributed by atoms with Crippen LogP contribution >= 0.6 is 11.6 Å². The molecule has 0 bridgehead atoms. The van der Waals surface area contributed by atoms with Crippen molar-refractivity contribution < 1.29 is 9.21 Å². The van der Waals surface area contributed by atoms with Crippen LogP contribution in [0.4, 0.5) is 5.69 Å². The number of aromatic nitrogens is 4. The van der Waals surface area contributed by atoms with Crippen molar-refractivity contribution in [3.05, 3.63) is 80.0 Å². The molecule has 0 radical (unpaired) electrons. The van der Waals surface area contributed by atoms with Gasteiger partial charge in [0, 0.05) is 6.54 Å². The Labute approximate surface area is 181 Å². The van der Waals surface area contributed by atoms with Gasteiger partial charge < -0.3 is 9.73 Å². The highest BCUT2D eigenvalue weighted by molar-refractivity contribution is 6.33.